The molecule has 20 heavy (non-hydrogen) atoms. The summed E-state index contributed by atoms with van der Waals surface area (Å²) in [6.07, 6.45) is 3.22. The monoisotopic (exact) mass is 281 g/mol. The fourth-order valence-corrected chi connectivity index (χ4v) is 2.01. The van der Waals surface area contributed by atoms with Gasteiger partial charge < -0.3 is 10.0 Å². The molecule has 0 aliphatic carbocycles. The fourth-order valence-electron chi connectivity index (χ4n) is 2.01. The largest absolute Gasteiger partial charge is 0.396 e. The highest BCUT2D eigenvalue weighted by atomic mass is 19.3. The molecule has 1 aromatic heterocycles. The molecule has 108 valence electrons. The van der Waals surface area contributed by atoms with Gasteiger partial charge in [0.25, 0.3) is 0 Å². The lowest BCUT2D eigenvalue weighted by Crippen LogP contribution is -2.26. The number of aromatic nitrogens is 2. The summed E-state index contributed by atoms with van der Waals surface area (Å²) in [5.74, 6) is 0.307. The molecular weight excluding hydrogens is 264 g/mol. The predicted molar refractivity (Wildman–Crippen MR) is 72.7 cm³/mol. The van der Waals surface area contributed by atoms with Crippen LogP contribution in [0.5, 0.6) is 0 Å². The minimum atomic E-state index is -2.59. The molecule has 2 rings (SSSR count). The Balaban J connectivity index is 2.17. The van der Waals surface area contributed by atoms with Crippen molar-refractivity contribution < 1.29 is 13.9 Å². The number of imidazole rings is 1. The van der Waals surface area contributed by atoms with E-state index in [1.807, 2.05) is 35.2 Å². The molecule has 0 aliphatic rings. The van der Waals surface area contributed by atoms with E-state index in [4.69, 9.17) is 5.11 Å². The zero-order valence-electron chi connectivity index (χ0n) is 11.0. The quantitative estimate of drug-likeness (QED) is 0.848. The van der Waals surface area contributed by atoms with Gasteiger partial charge in [-0.2, -0.15) is 8.78 Å². The summed E-state index contributed by atoms with van der Waals surface area (Å²) in [4.78, 5) is 5.92. The van der Waals surface area contributed by atoms with Crippen molar-refractivity contribution in [1.82, 2.24) is 9.55 Å². The first kappa shape index (κ1) is 14.5. The summed E-state index contributed by atoms with van der Waals surface area (Å²) in [6, 6.07) is 9.50. The maximum atomic E-state index is 12.8. The van der Waals surface area contributed by atoms with Crippen molar-refractivity contribution in [2.45, 2.75) is 19.5 Å². The third-order valence-corrected chi connectivity index (χ3v) is 3.00. The maximum Gasteiger partial charge on any atom is 0.319 e. The van der Waals surface area contributed by atoms with Gasteiger partial charge in [0, 0.05) is 31.2 Å². The van der Waals surface area contributed by atoms with Crippen LogP contribution in [0.4, 0.5) is 14.5 Å². The number of hydrogen-bond donors (Lipinski definition) is 1. The Bertz CT molecular complexity index is 516. The van der Waals surface area contributed by atoms with E-state index in [9.17, 15) is 8.78 Å². The van der Waals surface area contributed by atoms with E-state index in [-0.39, 0.29) is 13.2 Å². The second kappa shape index (κ2) is 7.00. The van der Waals surface area contributed by atoms with Gasteiger partial charge >= 0.3 is 6.55 Å². The smallest absolute Gasteiger partial charge is 0.319 e. The molecule has 0 saturated carbocycles. The van der Waals surface area contributed by atoms with Crippen molar-refractivity contribution in [3.8, 4) is 0 Å². The summed E-state index contributed by atoms with van der Waals surface area (Å²) in [7, 11) is 0. The van der Waals surface area contributed by atoms with E-state index < -0.39 is 6.55 Å². The number of rotatable bonds is 7. The molecule has 0 atom stereocenters. The number of benzene rings is 1. The van der Waals surface area contributed by atoms with Crippen LogP contribution < -0.4 is 4.90 Å². The first-order valence-corrected chi connectivity index (χ1v) is 6.43. The Hall–Kier alpha value is -1.95. The molecule has 1 aromatic carbocycles. The average molecular weight is 281 g/mol. The normalized spacial score (nSPS) is 11.0. The van der Waals surface area contributed by atoms with Crippen molar-refractivity contribution in [1.29, 1.82) is 0 Å². The van der Waals surface area contributed by atoms with Crippen LogP contribution in [-0.2, 0) is 6.54 Å². The highest BCUT2D eigenvalue weighted by molar-refractivity contribution is 5.45. The molecular formula is C14H17F2N3O. The average Bonchev–Trinajstić information content (AvgIpc) is 2.92. The van der Waals surface area contributed by atoms with E-state index in [1.165, 1.54) is 12.4 Å². The fraction of sp³-hybridized carbons (Fsp3) is 0.357. The Kier molecular flexibility index (Phi) is 5.06. The number of para-hydroxylation sites is 1. The van der Waals surface area contributed by atoms with Crippen molar-refractivity contribution in [2.24, 2.45) is 0 Å². The van der Waals surface area contributed by atoms with Crippen LogP contribution in [0, 0.1) is 0 Å². The van der Waals surface area contributed by atoms with Crippen LogP contribution in [0.15, 0.2) is 42.7 Å². The Morgan fingerprint density at radius 3 is 2.65 bits per heavy atom. The molecule has 4 nitrogen and oxygen atoms in total. The van der Waals surface area contributed by atoms with Crippen LogP contribution >= 0.6 is 0 Å². The zero-order chi connectivity index (χ0) is 14.4. The number of aliphatic hydroxyl groups is 1. The zero-order valence-corrected chi connectivity index (χ0v) is 11.0. The van der Waals surface area contributed by atoms with Crippen LogP contribution in [-0.4, -0.2) is 27.8 Å². The molecule has 0 spiro atoms. The lowest BCUT2D eigenvalue weighted by molar-refractivity contribution is 0.0669. The summed E-state index contributed by atoms with van der Waals surface area (Å²) >= 11 is 0. The first-order valence-electron chi connectivity index (χ1n) is 6.43. The third kappa shape index (κ3) is 3.54. The van der Waals surface area contributed by atoms with Gasteiger partial charge in [0.05, 0.1) is 6.54 Å². The van der Waals surface area contributed by atoms with Gasteiger partial charge in [-0.3, -0.25) is 4.57 Å². The number of anilines is 1. The minimum Gasteiger partial charge on any atom is -0.396 e. The highest BCUT2D eigenvalue weighted by Crippen LogP contribution is 2.19. The van der Waals surface area contributed by atoms with Crippen LogP contribution in [0.3, 0.4) is 0 Å². The molecule has 0 saturated heterocycles. The first-order chi connectivity index (χ1) is 9.72. The Morgan fingerprint density at radius 2 is 2.00 bits per heavy atom. The molecule has 0 fully saturated rings. The Labute approximate surface area is 116 Å². The van der Waals surface area contributed by atoms with Crippen molar-refractivity contribution in [2.75, 3.05) is 18.1 Å². The van der Waals surface area contributed by atoms with Gasteiger partial charge in [-0.15, -0.1) is 0 Å². The van der Waals surface area contributed by atoms with Gasteiger partial charge in [-0.25, -0.2) is 4.98 Å². The van der Waals surface area contributed by atoms with E-state index >= 15 is 0 Å². The number of hydrogen-bond acceptors (Lipinski definition) is 3. The summed E-state index contributed by atoms with van der Waals surface area (Å²) in [6.45, 7) is -1.67. The van der Waals surface area contributed by atoms with Crippen LogP contribution in [0.25, 0.3) is 0 Å². The molecule has 0 bridgehead atoms. The van der Waals surface area contributed by atoms with E-state index in [0.717, 1.165) is 10.3 Å². The molecule has 0 radical (unpaired) electrons. The third-order valence-electron chi connectivity index (χ3n) is 3.00. The van der Waals surface area contributed by atoms with Gasteiger partial charge in [0.1, 0.15) is 5.82 Å². The van der Waals surface area contributed by atoms with E-state index in [2.05, 4.69) is 4.98 Å². The van der Waals surface area contributed by atoms with Crippen LogP contribution in [0.2, 0.25) is 0 Å². The van der Waals surface area contributed by atoms with E-state index in [1.54, 1.807) is 0 Å². The summed E-state index contributed by atoms with van der Waals surface area (Å²) < 4.78 is 26.5. The van der Waals surface area contributed by atoms with Crippen molar-refractivity contribution in [3.63, 3.8) is 0 Å². The summed E-state index contributed by atoms with van der Waals surface area (Å²) in [5, 5.41) is 8.96. The predicted octanol–water partition coefficient (Wildman–Crippen LogP) is 2.67. The van der Waals surface area contributed by atoms with Gasteiger partial charge in [-0.1, -0.05) is 18.2 Å². The van der Waals surface area contributed by atoms with Gasteiger partial charge in [0.15, 0.2) is 0 Å². The van der Waals surface area contributed by atoms with E-state index in [0.29, 0.717) is 18.8 Å². The molecule has 6 heteroatoms. The standard InChI is InChI=1S/C14H17F2N3O/c15-14(16)19-9-7-17-13(19)11-18(8-4-10-20)12-5-2-1-3-6-12/h1-3,5-7,9,14,20H,4,8,10-11H2. The molecule has 1 heterocycles. The molecule has 2 aromatic rings. The van der Waals surface area contributed by atoms with Gasteiger partial charge in [0.2, 0.25) is 0 Å². The number of aliphatic hydroxyl groups excluding tert-OH is 1. The number of nitrogens with zero attached hydrogens (tertiary/aromatic N) is 3. The lowest BCUT2D eigenvalue weighted by atomic mass is 10.2. The SMILES string of the molecule is OCCCN(Cc1nccn1C(F)F)c1ccccc1. The highest BCUT2D eigenvalue weighted by Gasteiger charge is 2.15. The molecule has 0 amide bonds. The summed E-state index contributed by atoms with van der Waals surface area (Å²) in [5.41, 5.74) is 0.921. The van der Waals surface area contributed by atoms with Crippen LogP contribution in [0.1, 0.15) is 18.8 Å². The molecule has 0 aliphatic heterocycles. The number of halogens is 2. The second-order valence-electron chi connectivity index (χ2n) is 4.36. The minimum absolute atomic E-state index is 0.0621. The molecule has 1 N–H and O–H groups in total. The molecule has 0 unspecified atom stereocenters. The second-order valence-corrected chi connectivity index (χ2v) is 4.36. The van der Waals surface area contributed by atoms with Gasteiger partial charge in [-0.05, 0) is 18.6 Å². The van der Waals surface area contributed by atoms with Crippen molar-refractivity contribution >= 4 is 5.69 Å². The number of alkyl halides is 2. The maximum absolute atomic E-state index is 12.8. The Morgan fingerprint density at radius 1 is 1.25 bits per heavy atom. The lowest BCUT2D eigenvalue weighted by Gasteiger charge is -2.24. The van der Waals surface area contributed by atoms with Crippen molar-refractivity contribution in [3.05, 3.63) is 48.5 Å². The topological polar surface area (TPSA) is 41.3 Å².